The van der Waals surface area contributed by atoms with E-state index < -0.39 is 0 Å². The summed E-state index contributed by atoms with van der Waals surface area (Å²) in [4.78, 5) is 4.39. The number of anilines is 1. The molecule has 6 heteroatoms. The third kappa shape index (κ3) is 3.12. The number of pyridine rings is 1. The van der Waals surface area contributed by atoms with Gasteiger partial charge in [0.15, 0.2) is 5.82 Å². The zero-order valence-corrected chi connectivity index (χ0v) is 12.7. The standard InChI is InChI=1S/C12H15IN4O/c1-12(2,3)18-11-9(14)4-5-10(16-11)17-7-8(13)6-15-17/h4-7H,14H2,1-3H3. The summed E-state index contributed by atoms with van der Waals surface area (Å²) in [6.45, 7) is 5.87. The summed E-state index contributed by atoms with van der Waals surface area (Å²) in [6, 6.07) is 3.59. The molecule has 2 rings (SSSR count). The van der Waals surface area contributed by atoms with Crippen molar-refractivity contribution >= 4 is 28.3 Å². The van der Waals surface area contributed by atoms with E-state index in [4.69, 9.17) is 10.5 Å². The van der Waals surface area contributed by atoms with Crippen LogP contribution in [0.25, 0.3) is 5.82 Å². The lowest BCUT2D eigenvalue weighted by Crippen LogP contribution is -2.24. The minimum Gasteiger partial charge on any atom is -0.470 e. The molecule has 0 fully saturated rings. The van der Waals surface area contributed by atoms with Crippen molar-refractivity contribution < 1.29 is 4.74 Å². The Hall–Kier alpha value is -1.31. The van der Waals surface area contributed by atoms with Crippen LogP contribution in [0.1, 0.15) is 20.8 Å². The summed E-state index contributed by atoms with van der Waals surface area (Å²) in [6.07, 6.45) is 3.66. The summed E-state index contributed by atoms with van der Waals surface area (Å²) >= 11 is 2.20. The Morgan fingerprint density at radius 1 is 1.33 bits per heavy atom. The highest BCUT2D eigenvalue weighted by Gasteiger charge is 2.16. The van der Waals surface area contributed by atoms with E-state index >= 15 is 0 Å². The summed E-state index contributed by atoms with van der Waals surface area (Å²) < 4.78 is 8.46. The monoisotopic (exact) mass is 358 g/mol. The molecule has 0 spiro atoms. The first-order valence-corrected chi connectivity index (χ1v) is 6.59. The van der Waals surface area contributed by atoms with Crippen molar-refractivity contribution in [3.05, 3.63) is 28.1 Å². The van der Waals surface area contributed by atoms with Gasteiger partial charge in [-0.3, -0.25) is 0 Å². The summed E-state index contributed by atoms with van der Waals surface area (Å²) in [5.41, 5.74) is 6.05. The highest BCUT2D eigenvalue weighted by molar-refractivity contribution is 14.1. The zero-order valence-electron chi connectivity index (χ0n) is 10.5. The van der Waals surface area contributed by atoms with Gasteiger partial charge in [-0.05, 0) is 55.5 Å². The first-order chi connectivity index (χ1) is 8.35. The van der Waals surface area contributed by atoms with E-state index in [9.17, 15) is 0 Å². The molecule has 96 valence electrons. The normalized spacial score (nSPS) is 11.6. The van der Waals surface area contributed by atoms with Crippen LogP contribution in [-0.4, -0.2) is 20.4 Å². The summed E-state index contributed by atoms with van der Waals surface area (Å²) in [7, 11) is 0. The van der Waals surface area contributed by atoms with E-state index in [1.165, 1.54) is 0 Å². The smallest absolute Gasteiger partial charge is 0.239 e. The lowest BCUT2D eigenvalue weighted by Gasteiger charge is -2.21. The molecule has 0 radical (unpaired) electrons. The lowest BCUT2D eigenvalue weighted by molar-refractivity contribution is 0.125. The molecular formula is C12H15IN4O. The number of nitrogen functional groups attached to an aromatic ring is 1. The first kappa shape index (κ1) is 13.1. The van der Waals surface area contributed by atoms with Crippen LogP contribution in [0.2, 0.25) is 0 Å². The Morgan fingerprint density at radius 3 is 2.61 bits per heavy atom. The van der Waals surface area contributed by atoms with Crippen LogP contribution in [0, 0.1) is 3.57 Å². The molecule has 0 bridgehead atoms. The van der Waals surface area contributed by atoms with Crippen molar-refractivity contribution in [3.8, 4) is 11.7 Å². The van der Waals surface area contributed by atoms with Gasteiger partial charge >= 0.3 is 0 Å². The SMILES string of the molecule is CC(C)(C)Oc1nc(-n2cc(I)cn2)ccc1N. The van der Waals surface area contributed by atoms with Crippen molar-refractivity contribution in [3.63, 3.8) is 0 Å². The number of hydrogen-bond donors (Lipinski definition) is 1. The van der Waals surface area contributed by atoms with Gasteiger partial charge in [0.25, 0.3) is 0 Å². The van der Waals surface area contributed by atoms with Gasteiger partial charge in [-0.2, -0.15) is 10.1 Å². The van der Waals surface area contributed by atoms with Crippen LogP contribution < -0.4 is 10.5 Å². The minimum absolute atomic E-state index is 0.335. The number of halogens is 1. The van der Waals surface area contributed by atoms with E-state index in [-0.39, 0.29) is 5.60 Å². The summed E-state index contributed by atoms with van der Waals surface area (Å²) in [5, 5.41) is 4.20. The third-order valence-corrected chi connectivity index (χ3v) is 2.62. The fourth-order valence-corrected chi connectivity index (χ4v) is 1.76. The largest absolute Gasteiger partial charge is 0.470 e. The van der Waals surface area contributed by atoms with Gasteiger partial charge in [-0.1, -0.05) is 0 Å². The Bertz CT molecular complexity index is 559. The predicted octanol–water partition coefficient (Wildman–Crippen LogP) is 2.63. The van der Waals surface area contributed by atoms with Gasteiger partial charge in [0, 0.05) is 6.20 Å². The van der Waals surface area contributed by atoms with E-state index in [0.29, 0.717) is 17.4 Å². The number of ether oxygens (including phenoxy) is 1. The van der Waals surface area contributed by atoms with Crippen molar-refractivity contribution in [1.82, 2.24) is 14.8 Å². The molecule has 0 unspecified atom stereocenters. The van der Waals surface area contributed by atoms with Crippen LogP contribution in [0.4, 0.5) is 5.69 Å². The molecule has 2 aromatic rings. The molecule has 0 amide bonds. The number of nitrogens with zero attached hydrogens (tertiary/aromatic N) is 3. The fraction of sp³-hybridized carbons (Fsp3) is 0.333. The fourth-order valence-electron chi connectivity index (χ4n) is 1.37. The molecule has 0 atom stereocenters. The zero-order chi connectivity index (χ0) is 13.3. The second-order valence-electron chi connectivity index (χ2n) is 4.88. The highest BCUT2D eigenvalue weighted by atomic mass is 127. The summed E-state index contributed by atoms with van der Waals surface area (Å²) in [5.74, 6) is 1.12. The molecule has 0 saturated carbocycles. The van der Waals surface area contributed by atoms with Gasteiger partial charge in [-0.15, -0.1) is 0 Å². The Labute approximate surface area is 119 Å². The van der Waals surface area contributed by atoms with E-state index in [0.717, 1.165) is 3.57 Å². The second kappa shape index (κ2) is 4.75. The molecule has 2 N–H and O–H groups in total. The number of nitrogens with two attached hydrogens (primary N) is 1. The molecule has 0 aliphatic heterocycles. The Morgan fingerprint density at radius 2 is 2.06 bits per heavy atom. The third-order valence-electron chi connectivity index (χ3n) is 2.06. The number of rotatable bonds is 2. The van der Waals surface area contributed by atoms with E-state index in [2.05, 4.69) is 32.7 Å². The molecule has 0 aromatic carbocycles. The van der Waals surface area contributed by atoms with Crippen LogP contribution in [0.3, 0.4) is 0 Å². The van der Waals surface area contributed by atoms with Gasteiger partial charge in [0.2, 0.25) is 5.88 Å². The number of hydrogen-bond acceptors (Lipinski definition) is 4. The van der Waals surface area contributed by atoms with Crippen LogP contribution in [0.15, 0.2) is 24.5 Å². The van der Waals surface area contributed by atoms with Crippen LogP contribution in [-0.2, 0) is 0 Å². The molecule has 2 heterocycles. The maximum absolute atomic E-state index is 5.86. The minimum atomic E-state index is -0.335. The molecule has 0 aliphatic carbocycles. The van der Waals surface area contributed by atoms with Gasteiger partial charge in [0.05, 0.1) is 15.5 Å². The van der Waals surface area contributed by atoms with Crippen LogP contribution in [0.5, 0.6) is 5.88 Å². The molecule has 5 nitrogen and oxygen atoms in total. The predicted molar refractivity (Wildman–Crippen MR) is 78.9 cm³/mol. The van der Waals surface area contributed by atoms with E-state index in [1.54, 1.807) is 16.9 Å². The topological polar surface area (TPSA) is 66.0 Å². The Kier molecular flexibility index (Phi) is 3.47. The maximum atomic E-state index is 5.86. The van der Waals surface area contributed by atoms with Gasteiger partial charge < -0.3 is 10.5 Å². The van der Waals surface area contributed by atoms with Gasteiger partial charge in [0.1, 0.15) is 5.60 Å². The molecule has 0 saturated heterocycles. The molecular weight excluding hydrogens is 343 g/mol. The van der Waals surface area contributed by atoms with E-state index in [1.807, 2.05) is 33.0 Å². The highest BCUT2D eigenvalue weighted by Crippen LogP contribution is 2.24. The van der Waals surface area contributed by atoms with Gasteiger partial charge in [-0.25, -0.2) is 4.68 Å². The van der Waals surface area contributed by atoms with Crippen molar-refractivity contribution in [2.45, 2.75) is 26.4 Å². The maximum Gasteiger partial charge on any atom is 0.239 e. The Balaban J connectivity index is 2.37. The first-order valence-electron chi connectivity index (χ1n) is 5.51. The second-order valence-corrected chi connectivity index (χ2v) is 6.13. The molecule has 0 aliphatic rings. The van der Waals surface area contributed by atoms with Crippen molar-refractivity contribution in [1.29, 1.82) is 0 Å². The average Bonchev–Trinajstić information content (AvgIpc) is 2.66. The molecule has 18 heavy (non-hydrogen) atoms. The van der Waals surface area contributed by atoms with Crippen molar-refractivity contribution in [2.24, 2.45) is 0 Å². The number of aromatic nitrogens is 3. The lowest BCUT2D eigenvalue weighted by atomic mass is 10.2. The molecule has 2 aromatic heterocycles. The van der Waals surface area contributed by atoms with Crippen molar-refractivity contribution in [2.75, 3.05) is 5.73 Å². The van der Waals surface area contributed by atoms with Crippen LogP contribution >= 0.6 is 22.6 Å². The average molecular weight is 358 g/mol. The quantitative estimate of drug-likeness (QED) is 0.839.